The first-order valence-electron chi connectivity index (χ1n) is 9.13. The molecule has 0 bridgehead atoms. The van der Waals surface area contributed by atoms with Crippen molar-refractivity contribution < 1.29 is 4.57 Å². The molecular formula is C24H21N2+. The van der Waals surface area contributed by atoms with E-state index >= 15 is 0 Å². The second kappa shape index (κ2) is 5.99. The number of hydrogen-bond acceptors (Lipinski definition) is 0. The molecule has 2 heteroatoms. The Morgan fingerprint density at radius 2 is 1.58 bits per heavy atom. The molecule has 0 saturated carbocycles. The van der Waals surface area contributed by atoms with E-state index in [0.717, 1.165) is 6.54 Å². The summed E-state index contributed by atoms with van der Waals surface area (Å²) in [6, 6.07) is 23.9. The molecular weight excluding hydrogens is 316 g/mol. The maximum Gasteiger partial charge on any atom is 0.290 e. The number of hydrogen-bond donors (Lipinski definition) is 0. The minimum atomic E-state index is 0.444. The van der Waals surface area contributed by atoms with Gasteiger partial charge >= 0.3 is 0 Å². The van der Waals surface area contributed by atoms with Crippen LogP contribution in [-0.2, 0) is 13.6 Å². The molecule has 0 fully saturated rings. The molecule has 0 N–H and O–H groups in total. The molecule has 1 aliphatic rings. The summed E-state index contributed by atoms with van der Waals surface area (Å²) in [6.45, 7) is 0.951. The first-order chi connectivity index (χ1) is 12.8. The number of para-hydroxylation sites is 2. The summed E-state index contributed by atoms with van der Waals surface area (Å²) in [5.41, 5.74) is 3.83. The topological polar surface area (TPSA) is 8.81 Å². The first kappa shape index (κ1) is 15.2. The summed E-state index contributed by atoms with van der Waals surface area (Å²) in [4.78, 5) is 0. The number of imidazole rings is 1. The van der Waals surface area contributed by atoms with E-state index in [9.17, 15) is 0 Å². The summed E-state index contributed by atoms with van der Waals surface area (Å²) in [6.07, 6.45) is 8.85. The van der Waals surface area contributed by atoms with Crippen LogP contribution in [0.25, 0.3) is 33.2 Å². The molecule has 1 heterocycles. The third-order valence-electron chi connectivity index (χ3n) is 5.36. The summed E-state index contributed by atoms with van der Waals surface area (Å²) < 4.78 is 4.81. The molecule has 1 aliphatic carbocycles. The van der Waals surface area contributed by atoms with Gasteiger partial charge in [-0.05, 0) is 29.0 Å². The van der Waals surface area contributed by atoms with Crippen molar-refractivity contribution in [2.24, 2.45) is 13.0 Å². The van der Waals surface area contributed by atoms with Gasteiger partial charge in [-0.15, -0.1) is 0 Å². The smallest absolute Gasteiger partial charge is 0.226 e. The van der Waals surface area contributed by atoms with Gasteiger partial charge in [0.1, 0.15) is 6.54 Å². The van der Waals surface area contributed by atoms with Gasteiger partial charge in [-0.25, -0.2) is 9.13 Å². The number of aromatic nitrogens is 2. The molecule has 0 radical (unpaired) electrons. The normalized spacial score (nSPS) is 14.0. The van der Waals surface area contributed by atoms with Crippen molar-refractivity contribution in [3.63, 3.8) is 0 Å². The van der Waals surface area contributed by atoms with Crippen LogP contribution in [0.2, 0.25) is 0 Å². The van der Waals surface area contributed by atoms with Gasteiger partial charge in [0.05, 0.1) is 12.6 Å². The molecule has 0 atom stereocenters. The van der Waals surface area contributed by atoms with E-state index in [0.29, 0.717) is 5.92 Å². The van der Waals surface area contributed by atoms with E-state index in [1.54, 1.807) is 0 Å². The Balaban J connectivity index is 1.82. The monoisotopic (exact) mass is 337 g/mol. The van der Waals surface area contributed by atoms with E-state index in [4.69, 9.17) is 0 Å². The average Bonchev–Trinajstić information content (AvgIpc) is 3.29. The second-order valence-corrected chi connectivity index (χ2v) is 6.94. The van der Waals surface area contributed by atoms with Crippen LogP contribution in [0.15, 0.2) is 91.0 Å². The molecule has 3 aromatic carbocycles. The van der Waals surface area contributed by atoms with Crippen LogP contribution in [0.1, 0.15) is 0 Å². The number of nitrogens with zero attached hydrogens (tertiary/aromatic N) is 2. The molecule has 126 valence electrons. The quantitative estimate of drug-likeness (QED) is 0.464. The molecule has 0 unspecified atom stereocenters. The highest BCUT2D eigenvalue weighted by Crippen LogP contribution is 2.30. The van der Waals surface area contributed by atoms with Gasteiger partial charge in [-0.3, -0.25) is 0 Å². The highest BCUT2D eigenvalue weighted by Gasteiger charge is 2.26. The maximum absolute atomic E-state index is 2.47. The van der Waals surface area contributed by atoms with E-state index in [-0.39, 0.29) is 0 Å². The molecule has 0 aliphatic heterocycles. The van der Waals surface area contributed by atoms with Gasteiger partial charge in [0.25, 0.3) is 5.82 Å². The third kappa shape index (κ3) is 2.30. The maximum atomic E-state index is 2.47. The fourth-order valence-electron chi connectivity index (χ4n) is 4.13. The minimum absolute atomic E-state index is 0.444. The van der Waals surface area contributed by atoms with Crippen molar-refractivity contribution in [1.29, 1.82) is 0 Å². The highest BCUT2D eigenvalue weighted by atomic mass is 15.2. The number of rotatable bonds is 3. The number of allylic oxidation sites excluding steroid dienone is 4. The molecule has 5 rings (SSSR count). The van der Waals surface area contributed by atoms with E-state index in [1.165, 1.54) is 33.2 Å². The van der Waals surface area contributed by atoms with Crippen molar-refractivity contribution in [2.45, 2.75) is 6.54 Å². The van der Waals surface area contributed by atoms with Crippen LogP contribution >= 0.6 is 0 Å². The van der Waals surface area contributed by atoms with Crippen LogP contribution in [0.5, 0.6) is 0 Å². The molecule has 0 spiro atoms. The third-order valence-corrected chi connectivity index (χ3v) is 5.36. The van der Waals surface area contributed by atoms with E-state index in [2.05, 4.69) is 107 Å². The highest BCUT2D eigenvalue weighted by molar-refractivity contribution is 5.95. The van der Waals surface area contributed by atoms with Crippen LogP contribution in [0.4, 0.5) is 0 Å². The summed E-state index contributed by atoms with van der Waals surface area (Å²) in [5.74, 6) is 1.70. The summed E-state index contributed by atoms with van der Waals surface area (Å²) in [7, 11) is 2.18. The van der Waals surface area contributed by atoms with E-state index in [1.807, 2.05) is 0 Å². The molecule has 1 aromatic heterocycles. The predicted molar refractivity (Wildman–Crippen MR) is 108 cm³/mol. The van der Waals surface area contributed by atoms with Crippen molar-refractivity contribution in [3.8, 4) is 11.4 Å². The van der Waals surface area contributed by atoms with Gasteiger partial charge in [-0.2, -0.15) is 0 Å². The number of aryl methyl sites for hydroxylation is 1. The number of fused-ring (bicyclic) bond motifs is 2. The second-order valence-electron chi connectivity index (χ2n) is 6.94. The van der Waals surface area contributed by atoms with Crippen molar-refractivity contribution in [1.82, 2.24) is 4.57 Å². The van der Waals surface area contributed by atoms with Gasteiger partial charge < -0.3 is 0 Å². The zero-order valence-corrected chi connectivity index (χ0v) is 14.8. The predicted octanol–water partition coefficient (Wildman–Crippen LogP) is 5.03. The summed E-state index contributed by atoms with van der Waals surface area (Å²) >= 11 is 0. The lowest BCUT2D eigenvalue weighted by Crippen LogP contribution is -2.30. The Kier molecular flexibility index (Phi) is 3.49. The van der Waals surface area contributed by atoms with Crippen LogP contribution in [0, 0.1) is 5.92 Å². The lowest BCUT2D eigenvalue weighted by molar-refractivity contribution is -0.634. The lowest BCUT2D eigenvalue weighted by atomic mass is 10.0. The Bertz CT molecular complexity index is 1160. The Labute approximate surface area is 153 Å². The fourth-order valence-corrected chi connectivity index (χ4v) is 4.13. The standard InChI is InChI=1S/C24H21N2/c1-25-22-15-6-7-16-23(22)26(17-18-9-2-3-10-18)24(25)21-14-8-12-19-11-4-5-13-20(19)21/h2-16,18H,17H2,1H3/q+1. The Morgan fingerprint density at radius 1 is 0.846 bits per heavy atom. The van der Waals surface area contributed by atoms with Gasteiger partial charge in [0.15, 0.2) is 11.0 Å². The van der Waals surface area contributed by atoms with Crippen molar-refractivity contribution in [2.75, 3.05) is 0 Å². The minimum Gasteiger partial charge on any atom is -0.226 e. The first-order valence-corrected chi connectivity index (χ1v) is 9.13. The fraction of sp³-hybridized carbons (Fsp3) is 0.125. The SMILES string of the molecule is C[n+]1c(-c2cccc3ccccc23)n(CC2C=CC=C2)c2ccccc21. The lowest BCUT2D eigenvalue weighted by Gasteiger charge is -2.09. The Hall–Kier alpha value is -3.13. The van der Waals surface area contributed by atoms with Crippen molar-refractivity contribution in [3.05, 3.63) is 91.0 Å². The number of benzene rings is 3. The van der Waals surface area contributed by atoms with Crippen LogP contribution < -0.4 is 4.57 Å². The summed E-state index contributed by atoms with van der Waals surface area (Å²) in [5, 5.41) is 2.58. The van der Waals surface area contributed by atoms with Crippen LogP contribution in [0.3, 0.4) is 0 Å². The zero-order valence-electron chi connectivity index (χ0n) is 14.8. The zero-order chi connectivity index (χ0) is 17.5. The molecule has 4 aromatic rings. The van der Waals surface area contributed by atoms with E-state index < -0.39 is 0 Å². The molecule has 0 amide bonds. The van der Waals surface area contributed by atoms with Crippen molar-refractivity contribution >= 4 is 21.8 Å². The molecule has 26 heavy (non-hydrogen) atoms. The van der Waals surface area contributed by atoms with Gasteiger partial charge in [-0.1, -0.05) is 72.8 Å². The van der Waals surface area contributed by atoms with Crippen LogP contribution in [-0.4, -0.2) is 4.57 Å². The Morgan fingerprint density at radius 3 is 2.46 bits per heavy atom. The van der Waals surface area contributed by atoms with Gasteiger partial charge in [0.2, 0.25) is 0 Å². The largest absolute Gasteiger partial charge is 0.290 e. The molecule has 2 nitrogen and oxygen atoms in total. The molecule has 0 saturated heterocycles. The van der Waals surface area contributed by atoms with Gasteiger partial charge in [0, 0.05) is 5.92 Å². The average molecular weight is 337 g/mol.